The second-order valence-corrected chi connectivity index (χ2v) is 7.29. The lowest BCUT2D eigenvalue weighted by Gasteiger charge is -2.12. The largest absolute Gasteiger partial charge is 0.494 e. The Morgan fingerprint density at radius 2 is 1.62 bits per heavy atom. The lowest BCUT2D eigenvalue weighted by Crippen LogP contribution is -2.10. The van der Waals surface area contributed by atoms with E-state index in [-0.39, 0.29) is 0 Å². The number of para-hydroxylation sites is 2. The molecule has 0 bridgehead atoms. The molecule has 0 aliphatic heterocycles. The van der Waals surface area contributed by atoms with Crippen molar-refractivity contribution in [2.45, 2.75) is 33.4 Å². The van der Waals surface area contributed by atoms with Crippen LogP contribution in [0.2, 0.25) is 0 Å². The van der Waals surface area contributed by atoms with E-state index in [4.69, 9.17) is 14.5 Å². The fraction of sp³-hybridized carbons (Fsp3) is 0.240. The van der Waals surface area contributed by atoms with Gasteiger partial charge in [-0.3, -0.25) is 0 Å². The molecule has 0 aliphatic rings. The van der Waals surface area contributed by atoms with Crippen LogP contribution in [0.3, 0.4) is 0 Å². The summed E-state index contributed by atoms with van der Waals surface area (Å²) in [5.74, 6) is 2.71. The number of aromatic nitrogens is 2. The number of fused-ring (bicyclic) bond motifs is 1. The quantitative estimate of drug-likeness (QED) is 0.364. The Morgan fingerprint density at radius 1 is 0.793 bits per heavy atom. The topological polar surface area (TPSA) is 36.3 Å². The molecular formula is C25H26N2O2. The Kier molecular flexibility index (Phi) is 5.80. The van der Waals surface area contributed by atoms with Gasteiger partial charge in [0, 0.05) is 6.54 Å². The number of aryl methyl sites for hydroxylation is 3. The fourth-order valence-corrected chi connectivity index (χ4v) is 3.39. The Labute approximate surface area is 171 Å². The molecular weight excluding hydrogens is 360 g/mol. The first kappa shape index (κ1) is 19.1. The highest BCUT2D eigenvalue weighted by atomic mass is 16.5. The third kappa shape index (κ3) is 4.77. The van der Waals surface area contributed by atoms with Crippen molar-refractivity contribution in [2.75, 3.05) is 6.61 Å². The van der Waals surface area contributed by atoms with Crippen molar-refractivity contribution >= 4 is 11.0 Å². The van der Waals surface area contributed by atoms with Crippen LogP contribution in [-0.2, 0) is 13.2 Å². The van der Waals surface area contributed by atoms with Gasteiger partial charge in [-0.25, -0.2) is 4.98 Å². The van der Waals surface area contributed by atoms with Gasteiger partial charge in [-0.1, -0.05) is 42.0 Å². The van der Waals surface area contributed by atoms with Crippen molar-refractivity contribution in [2.24, 2.45) is 0 Å². The Hall–Kier alpha value is -3.27. The summed E-state index contributed by atoms with van der Waals surface area (Å²) in [6, 6.07) is 24.5. The van der Waals surface area contributed by atoms with Gasteiger partial charge in [-0.15, -0.1) is 0 Å². The summed E-state index contributed by atoms with van der Waals surface area (Å²) in [5.41, 5.74) is 4.55. The van der Waals surface area contributed by atoms with E-state index in [9.17, 15) is 0 Å². The zero-order chi connectivity index (χ0) is 20.1. The summed E-state index contributed by atoms with van der Waals surface area (Å²) in [7, 11) is 0. The van der Waals surface area contributed by atoms with Crippen LogP contribution in [0.15, 0.2) is 72.8 Å². The Morgan fingerprint density at radius 3 is 2.45 bits per heavy atom. The molecule has 0 aliphatic carbocycles. The lowest BCUT2D eigenvalue weighted by molar-refractivity contribution is 0.280. The third-order valence-corrected chi connectivity index (χ3v) is 4.91. The number of ether oxygens (including phenoxy) is 2. The van der Waals surface area contributed by atoms with Crippen LogP contribution < -0.4 is 9.47 Å². The molecule has 0 radical (unpaired) electrons. The highest BCUT2D eigenvalue weighted by molar-refractivity contribution is 5.75. The second kappa shape index (κ2) is 8.82. The maximum Gasteiger partial charge on any atom is 0.147 e. The van der Waals surface area contributed by atoms with Crippen molar-refractivity contribution < 1.29 is 9.47 Å². The first-order chi connectivity index (χ1) is 14.2. The predicted octanol–water partition coefficient (Wildman–Crippen LogP) is 5.70. The van der Waals surface area contributed by atoms with Gasteiger partial charge in [0.25, 0.3) is 0 Å². The average Bonchev–Trinajstić information content (AvgIpc) is 3.09. The molecule has 4 nitrogen and oxygen atoms in total. The van der Waals surface area contributed by atoms with E-state index < -0.39 is 0 Å². The molecule has 4 heteroatoms. The molecule has 1 aromatic heterocycles. The Bertz CT molecular complexity index is 1080. The minimum Gasteiger partial charge on any atom is -0.494 e. The van der Waals surface area contributed by atoms with Gasteiger partial charge in [-0.05, 0) is 62.2 Å². The molecule has 0 spiro atoms. The molecule has 148 valence electrons. The van der Waals surface area contributed by atoms with Gasteiger partial charge < -0.3 is 14.0 Å². The van der Waals surface area contributed by atoms with E-state index in [1.165, 1.54) is 11.1 Å². The second-order valence-electron chi connectivity index (χ2n) is 7.29. The van der Waals surface area contributed by atoms with Crippen molar-refractivity contribution in [3.8, 4) is 11.5 Å². The molecule has 0 saturated carbocycles. The summed E-state index contributed by atoms with van der Waals surface area (Å²) < 4.78 is 14.1. The summed E-state index contributed by atoms with van der Waals surface area (Å²) in [4.78, 5) is 4.79. The van der Waals surface area contributed by atoms with E-state index in [0.29, 0.717) is 13.2 Å². The van der Waals surface area contributed by atoms with Crippen molar-refractivity contribution in [1.29, 1.82) is 0 Å². The summed E-state index contributed by atoms with van der Waals surface area (Å²) in [6.45, 7) is 6.08. The van der Waals surface area contributed by atoms with E-state index in [2.05, 4.69) is 48.7 Å². The zero-order valence-electron chi connectivity index (χ0n) is 17.0. The van der Waals surface area contributed by atoms with Crippen LogP contribution in [0.5, 0.6) is 11.5 Å². The first-order valence-electron chi connectivity index (χ1n) is 10.0. The van der Waals surface area contributed by atoms with E-state index in [1.807, 2.05) is 42.5 Å². The van der Waals surface area contributed by atoms with Crippen molar-refractivity contribution in [1.82, 2.24) is 9.55 Å². The molecule has 0 unspecified atom stereocenters. The molecule has 29 heavy (non-hydrogen) atoms. The molecule has 1 heterocycles. The maximum atomic E-state index is 6.02. The molecule has 0 atom stereocenters. The third-order valence-electron chi connectivity index (χ3n) is 4.91. The van der Waals surface area contributed by atoms with Crippen LogP contribution in [-0.4, -0.2) is 16.2 Å². The standard InChI is InChI=1S/C25H26N2O2/c1-19-11-13-21(14-12-19)28-16-6-15-27-24-10-4-3-9-23(24)26-25(27)18-29-22-8-5-7-20(2)17-22/h3-5,7-14,17H,6,15-16,18H2,1-2H3. The number of hydrogen-bond acceptors (Lipinski definition) is 3. The highest BCUT2D eigenvalue weighted by Gasteiger charge is 2.11. The van der Waals surface area contributed by atoms with Gasteiger partial charge in [0.05, 0.1) is 17.6 Å². The fourth-order valence-electron chi connectivity index (χ4n) is 3.39. The summed E-state index contributed by atoms with van der Waals surface area (Å²) in [6.07, 6.45) is 0.895. The average molecular weight is 386 g/mol. The summed E-state index contributed by atoms with van der Waals surface area (Å²) >= 11 is 0. The molecule has 0 fully saturated rings. The van der Waals surface area contributed by atoms with Gasteiger partial charge in [-0.2, -0.15) is 0 Å². The first-order valence-corrected chi connectivity index (χ1v) is 10.0. The van der Waals surface area contributed by atoms with E-state index in [1.54, 1.807) is 0 Å². The normalized spacial score (nSPS) is 11.0. The maximum absolute atomic E-state index is 6.02. The molecule has 3 aromatic carbocycles. The Balaban J connectivity index is 1.44. The zero-order valence-corrected chi connectivity index (χ0v) is 17.0. The number of benzene rings is 3. The highest BCUT2D eigenvalue weighted by Crippen LogP contribution is 2.20. The number of hydrogen-bond donors (Lipinski definition) is 0. The number of imidazole rings is 1. The van der Waals surface area contributed by atoms with Gasteiger partial charge in [0.2, 0.25) is 0 Å². The molecule has 4 rings (SSSR count). The monoisotopic (exact) mass is 386 g/mol. The number of nitrogens with zero attached hydrogens (tertiary/aromatic N) is 2. The van der Waals surface area contributed by atoms with Gasteiger partial charge in [0.1, 0.15) is 23.9 Å². The lowest BCUT2D eigenvalue weighted by atomic mass is 10.2. The van der Waals surface area contributed by atoms with Gasteiger partial charge in [0.15, 0.2) is 0 Å². The van der Waals surface area contributed by atoms with Crippen molar-refractivity contribution in [3.05, 3.63) is 89.7 Å². The number of rotatable bonds is 8. The minimum atomic E-state index is 0.441. The van der Waals surface area contributed by atoms with Crippen LogP contribution in [0.1, 0.15) is 23.4 Å². The molecule has 0 amide bonds. The van der Waals surface area contributed by atoms with E-state index in [0.717, 1.165) is 41.3 Å². The smallest absolute Gasteiger partial charge is 0.147 e. The SMILES string of the molecule is Cc1ccc(OCCCn2c(COc3cccc(C)c3)nc3ccccc32)cc1. The summed E-state index contributed by atoms with van der Waals surface area (Å²) in [5, 5.41) is 0. The van der Waals surface area contributed by atoms with Gasteiger partial charge >= 0.3 is 0 Å². The predicted molar refractivity (Wildman–Crippen MR) is 117 cm³/mol. The van der Waals surface area contributed by atoms with Crippen LogP contribution in [0.25, 0.3) is 11.0 Å². The molecule has 4 aromatic rings. The van der Waals surface area contributed by atoms with Crippen LogP contribution >= 0.6 is 0 Å². The van der Waals surface area contributed by atoms with Crippen LogP contribution in [0.4, 0.5) is 0 Å². The van der Waals surface area contributed by atoms with Crippen molar-refractivity contribution in [3.63, 3.8) is 0 Å². The van der Waals surface area contributed by atoms with E-state index >= 15 is 0 Å². The molecule has 0 saturated heterocycles. The van der Waals surface area contributed by atoms with Crippen LogP contribution in [0, 0.1) is 13.8 Å². The minimum absolute atomic E-state index is 0.441. The molecule has 0 N–H and O–H groups in total.